The molecule has 0 aliphatic carbocycles. The van der Waals surface area contributed by atoms with Gasteiger partial charge in [-0.1, -0.05) is 19.8 Å². The van der Waals surface area contributed by atoms with Crippen LogP contribution in [0.1, 0.15) is 65.2 Å². The summed E-state index contributed by atoms with van der Waals surface area (Å²) >= 11 is 0. The monoisotopic (exact) mass is 475 g/mol. The Bertz CT molecular complexity index is 592. The summed E-state index contributed by atoms with van der Waals surface area (Å²) in [5, 5.41) is 37.7. The maximum atomic E-state index is 11.8. The van der Waals surface area contributed by atoms with Gasteiger partial charge in [0.2, 0.25) is 17.7 Å². The van der Waals surface area contributed by atoms with Crippen molar-refractivity contribution in [1.82, 2.24) is 16.0 Å². The predicted molar refractivity (Wildman–Crippen MR) is 120 cm³/mol. The average Bonchev–Trinajstić information content (AvgIpc) is 2.78. The van der Waals surface area contributed by atoms with Gasteiger partial charge in [-0.2, -0.15) is 0 Å². The second-order valence-corrected chi connectivity index (χ2v) is 8.27. The quantitative estimate of drug-likeness (QED) is 0.160. The third-order valence-corrected chi connectivity index (χ3v) is 5.31. The second kappa shape index (κ2) is 16.8. The fourth-order valence-electron chi connectivity index (χ4n) is 3.47. The first-order chi connectivity index (χ1) is 15.8. The molecular weight excluding hydrogens is 434 g/mol. The number of unbranched alkanes of at least 4 members (excludes halogenated alkanes) is 3. The number of amides is 3. The summed E-state index contributed by atoms with van der Waals surface area (Å²) in [6.45, 7) is 4.34. The molecule has 5 unspecified atom stereocenters. The molecule has 11 nitrogen and oxygen atoms in total. The van der Waals surface area contributed by atoms with E-state index in [1.54, 1.807) is 0 Å². The summed E-state index contributed by atoms with van der Waals surface area (Å²) in [4.78, 5) is 34.7. The molecule has 3 amide bonds. The van der Waals surface area contributed by atoms with Crippen LogP contribution in [0.3, 0.4) is 0 Å². The van der Waals surface area contributed by atoms with Crippen molar-refractivity contribution in [3.8, 4) is 0 Å². The van der Waals surface area contributed by atoms with Gasteiger partial charge in [0.05, 0.1) is 6.61 Å². The Kier molecular flexibility index (Phi) is 14.9. The zero-order valence-electron chi connectivity index (χ0n) is 19.8. The summed E-state index contributed by atoms with van der Waals surface area (Å²) in [5.41, 5.74) is 0. The fraction of sp³-hybridized carbons (Fsp3) is 0.864. The smallest absolute Gasteiger partial charge is 0.220 e. The van der Waals surface area contributed by atoms with E-state index in [9.17, 15) is 29.7 Å². The molecule has 0 aromatic carbocycles. The summed E-state index contributed by atoms with van der Waals surface area (Å²) < 4.78 is 11.2. The van der Waals surface area contributed by atoms with Crippen molar-refractivity contribution in [3.63, 3.8) is 0 Å². The number of ether oxygens (including phenoxy) is 2. The normalized spacial score (nSPS) is 24.8. The standard InChI is InChI=1S/C22H41N3O8/c1-3-11-23-17(28)9-8-10-18(29)24-12-6-4-5-7-13-32-22-19(25-15(2)27)21(31)20(30)16(14-26)33-22/h16,19-22,26,30-31H,3-14H2,1-2H3,(H,23,28)(H,24,29)(H,25,27). The van der Waals surface area contributed by atoms with Gasteiger partial charge in [0.15, 0.2) is 6.29 Å². The molecule has 11 heteroatoms. The highest BCUT2D eigenvalue weighted by molar-refractivity contribution is 5.78. The van der Waals surface area contributed by atoms with Crippen molar-refractivity contribution in [2.75, 3.05) is 26.3 Å². The molecule has 1 fully saturated rings. The first-order valence-electron chi connectivity index (χ1n) is 11.8. The minimum atomic E-state index is -1.33. The van der Waals surface area contributed by atoms with E-state index in [2.05, 4.69) is 16.0 Å². The van der Waals surface area contributed by atoms with Gasteiger partial charge in [-0.25, -0.2) is 0 Å². The molecule has 1 aliphatic heterocycles. The molecule has 0 saturated carbocycles. The topological polar surface area (TPSA) is 166 Å². The number of aliphatic hydroxyl groups excluding tert-OH is 3. The molecule has 1 aliphatic rings. The van der Waals surface area contributed by atoms with Crippen molar-refractivity contribution in [1.29, 1.82) is 0 Å². The van der Waals surface area contributed by atoms with Crippen molar-refractivity contribution >= 4 is 17.7 Å². The first-order valence-corrected chi connectivity index (χ1v) is 11.8. The lowest BCUT2D eigenvalue weighted by atomic mass is 9.97. The zero-order chi connectivity index (χ0) is 24.6. The van der Waals surface area contributed by atoms with Crippen LogP contribution in [0, 0.1) is 0 Å². The Morgan fingerprint density at radius 3 is 2.15 bits per heavy atom. The first kappa shape index (κ1) is 29.2. The Morgan fingerprint density at radius 1 is 0.909 bits per heavy atom. The van der Waals surface area contributed by atoms with Crippen LogP contribution in [0.4, 0.5) is 0 Å². The molecule has 0 aromatic rings. The summed E-state index contributed by atoms with van der Waals surface area (Å²) in [6, 6.07) is -0.937. The molecule has 0 bridgehead atoms. The van der Waals surface area contributed by atoms with Crippen LogP contribution >= 0.6 is 0 Å². The number of rotatable bonds is 16. The Hall–Kier alpha value is -1.79. The van der Waals surface area contributed by atoms with Gasteiger partial charge in [0.1, 0.15) is 24.4 Å². The van der Waals surface area contributed by atoms with Gasteiger partial charge in [-0.3, -0.25) is 14.4 Å². The van der Waals surface area contributed by atoms with E-state index >= 15 is 0 Å². The van der Waals surface area contributed by atoms with Crippen LogP contribution in [0.25, 0.3) is 0 Å². The number of aliphatic hydroxyl groups is 3. The highest BCUT2D eigenvalue weighted by Gasteiger charge is 2.45. The number of carbonyl (C=O) groups is 3. The van der Waals surface area contributed by atoms with Crippen LogP contribution in [-0.2, 0) is 23.9 Å². The van der Waals surface area contributed by atoms with E-state index in [1.165, 1.54) is 6.92 Å². The highest BCUT2D eigenvalue weighted by Crippen LogP contribution is 2.22. The van der Waals surface area contributed by atoms with Crippen molar-refractivity contribution < 1.29 is 39.2 Å². The lowest BCUT2D eigenvalue weighted by Crippen LogP contribution is -2.64. The molecule has 6 N–H and O–H groups in total. The van der Waals surface area contributed by atoms with E-state index < -0.39 is 43.2 Å². The predicted octanol–water partition coefficient (Wildman–Crippen LogP) is -0.680. The Balaban J connectivity index is 2.15. The number of carbonyl (C=O) groups excluding carboxylic acids is 3. The SMILES string of the molecule is CCCNC(=O)CCCC(=O)NCCCCCCOC1OC(CO)C(O)C(O)C1NC(C)=O. The number of hydrogen-bond donors (Lipinski definition) is 6. The van der Waals surface area contributed by atoms with Crippen molar-refractivity contribution in [2.45, 2.75) is 95.9 Å². The van der Waals surface area contributed by atoms with E-state index in [0.29, 0.717) is 45.4 Å². The molecule has 192 valence electrons. The molecule has 0 aromatic heterocycles. The molecule has 1 saturated heterocycles. The summed E-state index contributed by atoms with van der Waals surface area (Å²) in [5.74, 6) is -0.474. The molecule has 1 heterocycles. The van der Waals surface area contributed by atoms with Gasteiger partial charge in [-0.15, -0.1) is 0 Å². The largest absolute Gasteiger partial charge is 0.394 e. The van der Waals surface area contributed by atoms with Crippen LogP contribution in [0.5, 0.6) is 0 Å². The lowest BCUT2D eigenvalue weighted by molar-refractivity contribution is -0.270. The molecule has 5 atom stereocenters. The minimum absolute atomic E-state index is 0.0218. The Labute approximate surface area is 195 Å². The van der Waals surface area contributed by atoms with Crippen molar-refractivity contribution in [2.24, 2.45) is 0 Å². The second-order valence-electron chi connectivity index (χ2n) is 8.27. The highest BCUT2D eigenvalue weighted by atomic mass is 16.7. The van der Waals surface area contributed by atoms with E-state index in [4.69, 9.17) is 9.47 Å². The van der Waals surface area contributed by atoms with Gasteiger partial charge in [-0.05, 0) is 25.7 Å². The minimum Gasteiger partial charge on any atom is -0.394 e. The third-order valence-electron chi connectivity index (χ3n) is 5.31. The number of nitrogens with one attached hydrogen (secondary N) is 3. The van der Waals surface area contributed by atoms with E-state index in [-0.39, 0.29) is 11.8 Å². The summed E-state index contributed by atoms with van der Waals surface area (Å²) in [7, 11) is 0. The van der Waals surface area contributed by atoms with E-state index in [1.807, 2.05) is 6.92 Å². The van der Waals surface area contributed by atoms with Crippen LogP contribution in [0.2, 0.25) is 0 Å². The van der Waals surface area contributed by atoms with Gasteiger partial charge < -0.3 is 40.7 Å². The summed E-state index contributed by atoms with van der Waals surface area (Å²) in [6.07, 6.45) is 0.729. The van der Waals surface area contributed by atoms with Gasteiger partial charge in [0.25, 0.3) is 0 Å². The van der Waals surface area contributed by atoms with Crippen LogP contribution in [0.15, 0.2) is 0 Å². The third kappa shape index (κ3) is 11.8. The van der Waals surface area contributed by atoms with E-state index in [0.717, 1.165) is 25.7 Å². The van der Waals surface area contributed by atoms with Crippen LogP contribution < -0.4 is 16.0 Å². The number of hydrogen-bond acceptors (Lipinski definition) is 8. The average molecular weight is 476 g/mol. The van der Waals surface area contributed by atoms with Gasteiger partial charge >= 0.3 is 0 Å². The maximum Gasteiger partial charge on any atom is 0.220 e. The fourth-order valence-corrected chi connectivity index (χ4v) is 3.47. The molecule has 1 rings (SSSR count). The van der Waals surface area contributed by atoms with Crippen LogP contribution in [-0.4, -0.2) is 90.0 Å². The Morgan fingerprint density at radius 2 is 1.55 bits per heavy atom. The maximum absolute atomic E-state index is 11.8. The lowest BCUT2D eigenvalue weighted by Gasteiger charge is -2.42. The molecule has 0 radical (unpaired) electrons. The molecule has 33 heavy (non-hydrogen) atoms. The molecular formula is C22H41N3O8. The van der Waals surface area contributed by atoms with Gasteiger partial charge in [0, 0.05) is 39.5 Å². The molecule has 0 spiro atoms. The zero-order valence-corrected chi connectivity index (χ0v) is 19.8. The van der Waals surface area contributed by atoms with Crippen molar-refractivity contribution in [3.05, 3.63) is 0 Å².